The van der Waals surface area contributed by atoms with E-state index in [1.807, 2.05) is 42.9 Å². The number of rotatable bonds is 6. The molecule has 4 aromatic rings. The molecule has 0 fully saturated rings. The normalized spacial score (nSPS) is 11.0. The molecule has 0 aliphatic rings. The van der Waals surface area contributed by atoms with Crippen LogP contribution in [-0.4, -0.2) is 43.6 Å². The van der Waals surface area contributed by atoms with E-state index < -0.39 is 0 Å². The summed E-state index contributed by atoms with van der Waals surface area (Å²) in [6.45, 7) is 4.39. The molecule has 0 spiro atoms. The molecule has 0 atom stereocenters. The maximum Gasteiger partial charge on any atom is 0.255 e. The van der Waals surface area contributed by atoms with Gasteiger partial charge in [0, 0.05) is 23.5 Å². The number of hydrogen-bond donors (Lipinski definition) is 0. The third kappa shape index (κ3) is 3.34. The van der Waals surface area contributed by atoms with Crippen molar-refractivity contribution < 1.29 is 14.2 Å². The first-order valence-electron chi connectivity index (χ1n) is 8.67. The maximum atomic E-state index is 6.01. The average molecular weight is 380 g/mol. The van der Waals surface area contributed by atoms with Crippen LogP contribution in [0.5, 0.6) is 23.3 Å². The lowest BCUT2D eigenvalue weighted by Gasteiger charge is -2.09. The predicted molar refractivity (Wildman–Crippen MR) is 101 cm³/mol. The molecule has 28 heavy (non-hydrogen) atoms. The quantitative estimate of drug-likeness (QED) is 0.508. The Bertz CT molecular complexity index is 1130. The number of benzene rings is 1. The second kappa shape index (κ2) is 7.18. The standard InChI is InChI=1S/C19H20N6O3/c1-12-9-24(10-14-5-6-15(26-3)16(8-14)27-4)23-18(12)28-17-7-13(2)22-19-20-11-21-25(17)19/h5-9,11H,10H2,1-4H3. The highest BCUT2D eigenvalue weighted by Gasteiger charge is 2.13. The number of nitrogens with zero attached hydrogens (tertiary/aromatic N) is 6. The van der Waals surface area contributed by atoms with Crippen molar-refractivity contribution in [2.45, 2.75) is 20.4 Å². The molecule has 0 amide bonds. The highest BCUT2D eigenvalue weighted by molar-refractivity contribution is 5.43. The number of ether oxygens (including phenoxy) is 3. The molecule has 3 aromatic heterocycles. The molecule has 0 N–H and O–H groups in total. The topological polar surface area (TPSA) is 88.6 Å². The summed E-state index contributed by atoms with van der Waals surface area (Å²) < 4.78 is 20.0. The highest BCUT2D eigenvalue weighted by atomic mass is 16.5. The Kier molecular flexibility index (Phi) is 4.56. The van der Waals surface area contributed by atoms with Gasteiger partial charge in [-0.05, 0) is 31.5 Å². The molecule has 3 heterocycles. The molecule has 0 radical (unpaired) electrons. The molecule has 0 aliphatic carbocycles. The summed E-state index contributed by atoms with van der Waals surface area (Å²) in [6, 6.07) is 7.59. The SMILES string of the molecule is COc1ccc(Cn2cc(C)c(Oc3cc(C)nc4ncnn34)n2)cc1OC. The molecule has 144 valence electrons. The van der Waals surface area contributed by atoms with Gasteiger partial charge in [-0.3, -0.25) is 4.68 Å². The molecule has 0 saturated carbocycles. The first-order valence-corrected chi connectivity index (χ1v) is 8.67. The van der Waals surface area contributed by atoms with Gasteiger partial charge in [0.05, 0.1) is 20.8 Å². The molecular formula is C19H20N6O3. The fourth-order valence-corrected chi connectivity index (χ4v) is 2.92. The van der Waals surface area contributed by atoms with Gasteiger partial charge in [-0.2, -0.15) is 14.6 Å². The van der Waals surface area contributed by atoms with Crippen molar-refractivity contribution in [1.29, 1.82) is 0 Å². The third-order valence-electron chi connectivity index (χ3n) is 4.24. The van der Waals surface area contributed by atoms with Gasteiger partial charge in [0.25, 0.3) is 5.78 Å². The number of methoxy groups -OCH3 is 2. The van der Waals surface area contributed by atoms with Crippen molar-refractivity contribution in [3.63, 3.8) is 0 Å². The first-order chi connectivity index (χ1) is 13.6. The van der Waals surface area contributed by atoms with E-state index in [1.54, 1.807) is 24.8 Å². The summed E-state index contributed by atoms with van der Waals surface area (Å²) in [5.41, 5.74) is 2.73. The Morgan fingerprint density at radius 2 is 1.86 bits per heavy atom. The van der Waals surface area contributed by atoms with Gasteiger partial charge in [-0.25, -0.2) is 4.98 Å². The van der Waals surface area contributed by atoms with Crippen LogP contribution in [0.1, 0.15) is 16.8 Å². The molecule has 9 heteroatoms. The minimum absolute atomic E-state index is 0.484. The van der Waals surface area contributed by atoms with Gasteiger partial charge in [0.15, 0.2) is 11.5 Å². The zero-order valence-corrected chi connectivity index (χ0v) is 16.1. The predicted octanol–water partition coefficient (Wildman–Crippen LogP) is 2.80. The van der Waals surface area contributed by atoms with Crippen molar-refractivity contribution in [3.05, 3.63) is 53.6 Å². The van der Waals surface area contributed by atoms with Crippen LogP contribution in [-0.2, 0) is 6.54 Å². The summed E-state index contributed by atoms with van der Waals surface area (Å²) >= 11 is 0. The van der Waals surface area contributed by atoms with Crippen LogP contribution in [0.15, 0.2) is 36.8 Å². The smallest absolute Gasteiger partial charge is 0.255 e. The van der Waals surface area contributed by atoms with Crippen LogP contribution in [0.4, 0.5) is 0 Å². The van der Waals surface area contributed by atoms with Gasteiger partial charge in [-0.15, -0.1) is 5.10 Å². The molecule has 4 rings (SSSR count). The zero-order valence-electron chi connectivity index (χ0n) is 16.1. The number of fused-ring (bicyclic) bond motifs is 1. The Hall–Kier alpha value is -3.62. The summed E-state index contributed by atoms with van der Waals surface area (Å²) in [6.07, 6.45) is 3.37. The molecule has 0 saturated heterocycles. The number of hydrogen-bond acceptors (Lipinski definition) is 7. The van der Waals surface area contributed by atoms with E-state index in [9.17, 15) is 0 Å². The van der Waals surface area contributed by atoms with Crippen molar-refractivity contribution in [1.82, 2.24) is 29.4 Å². The Morgan fingerprint density at radius 1 is 1.04 bits per heavy atom. The highest BCUT2D eigenvalue weighted by Crippen LogP contribution is 2.28. The van der Waals surface area contributed by atoms with Gasteiger partial charge in [-0.1, -0.05) is 6.07 Å². The van der Waals surface area contributed by atoms with Crippen LogP contribution in [0.25, 0.3) is 5.78 Å². The van der Waals surface area contributed by atoms with E-state index in [0.717, 1.165) is 16.8 Å². The van der Waals surface area contributed by atoms with Crippen LogP contribution in [0.2, 0.25) is 0 Å². The lowest BCUT2D eigenvalue weighted by atomic mass is 10.2. The Balaban J connectivity index is 1.59. The molecule has 0 unspecified atom stereocenters. The monoisotopic (exact) mass is 380 g/mol. The summed E-state index contributed by atoms with van der Waals surface area (Å²) in [4.78, 5) is 8.42. The van der Waals surface area contributed by atoms with Crippen LogP contribution >= 0.6 is 0 Å². The van der Waals surface area contributed by atoms with E-state index >= 15 is 0 Å². The van der Waals surface area contributed by atoms with E-state index in [-0.39, 0.29) is 0 Å². The Morgan fingerprint density at radius 3 is 2.64 bits per heavy atom. The van der Waals surface area contributed by atoms with Gasteiger partial charge >= 0.3 is 0 Å². The molecule has 0 bridgehead atoms. The third-order valence-corrected chi connectivity index (χ3v) is 4.24. The summed E-state index contributed by atoms with van der Waals surface area (Å²) in [5.74, 6) is 2.87. The fourth-order valence-electron chi connectivity index (χ4n) is 2.92. The van der Waals surface area contributed by atoms with E-state index in [1.165, 1.54) is 6.33 Å². The number of aryl methyl sites for hydroxylation is 2. The van der Waals surface area contributed by atoms with E-state index in [2.05, 4.69) is 20.2 Å². The van der Waals surface area contributed by atoms with Gasteiger partial charge in [0.1, 0.15) is 6.33 Å². The Labute approximate surface area is 161 Å². The van der Waals surface area contributed by atoms with Gasteiger partial charge in [0.2, 0.25) is 11.8 Å². The summed E-state index contributed by atoms with van der Waals surface area (Å²) in [7, 11) is 3.23. The van der Waals surface area contributed by atoms with Crippen molar-refractivity contribution in [2.75, 3.05) is 14.2 Å². The van der Waals surface area contributed by atoms with Crippen LogP contribution in [0, 0.1) is 13.8 Å². The molecule has 0 aliphatic heterocycles. The second-order valence-corrected chi connectivity index (χ2v) is 6.31. The van der Waals surface area contributed by atoms with E-state index in [4.69, 9.17) is 14.2 Å². The largest absolute Gasteiger partial charge is 0.493 e. The van der Waals surface area contributed by atoms with Crippen LogP contribution in [0.3, 0.4) is 0 Å². The summed E-state index contributed by atoms with van der Waals surface area (Å²) in [5, 5.41) is 8.71. The molecular weight excluding hydrogens is 360 g/mol. The minimum Gasteiger partial charge on any atom is -0.493 e. The van der Waals surface area contributed by atoms with Crippen molar-refractivity contribution in [3.8, 4) is 23.3 Å². The van der Waals surface area contributed by atoms with Crippen molar-refractivity contribution >= 4 is 5.78 Å². The first kappa shape index (κ1) is 17.8. The maximum absolute atomic E-state index is 6.01. The molecule has 1 aromatic carbocycles. The lowest BCUT2D eigenvalue weighted by molar-refractivity contribution is 0.354. The lowest BCUT2D eigenvalue weighted by Crippen LogP contribution is -2.03. The van der Waals surface area contributed by atoms with Gasteiger partial charge < -0.3 is 14.2 Å². The van der Waals surface area contributed by atoms with E-state index in [0.29, 0.717) is 35.6 Å². The van der Waals surface area contributed by atoms with Crippen molar-refractivity contribution in [2.24, 2.45) is 0 Å². The minimum atomic E-state index is 0.484. The average Bonchev–Trinajstić information content (AvgIpc) is 3.28. The van der Waals surface area contributed by atoms with Crippen LogP contribution < -0.4 is 14.2 Å². The molecule has 9 nitrogen and oxygen atoms in total. The second-order valence-electron chi connectivity index (χ2n) is 6.31. The fraction of sp³-hybridized carbons (Fsp3) is 0.263. The zero-order chi connectivity index (χ0) is 19.7. The number of aromatic nitrogens is 6.